The fourth-order valence-electron chi connectivity index (χ4n) is 4.24. The molecule has 0 unspecified atom stereocenters. The zero-order chi connectivity index (χ0) is 25.2. The van der Waals surface area contributed by atoms with Gasteiger partial charge in [-0.05, 0) is 68.3 Å². The molecule has 0 radical (unpaired) electrons. The molecular formula is C28H28N4O3S. The fraction of sp³-hybridized carbons (Fsp3) is 0.286. The van der Waals surface area contributed by atoms with E-state index in [1.807, 2.05) is 25.3 Å². The first-order valence-corrected chi connectivity index (χ1v) is 12.8. The van der Waals surface area contributed by atoms with Crippen LogP contribution in [0.2, 0.25) is 0 Å². The number of benzene rings is 2. The third kappa shape index (κ3) is 4.92. The third-order valence-corrected chi connectivity index (χ3v) is 7.68. The second-order valence-corrected chi connectivity index (χ2v) is 10.1. The van der Waals surface area contributed by atoms with E-state index in [0.717, 1.165) is 53.2 Å². The van der Waals surface area contributed by atoms with Crippen LogP contribution < -0.4 is 9.80 Å². The first kappa shape index (κ1) is 24.2. The summed E-state index contributed by atoms with van der Waals surface area (Å²) in [5, 5.41) is 0.888. The Balaban J connectivity index is 1.27. The van der Waals surface area contributed by atoms with Gasteiger partial charge in [-0.3, -0.25) is 9.59 Å². The summed E-state index contributed by atoms with van der Waals surface area (Å²) >= 11 is 1.55. The Labute approximate surface area is 215 Å². The lowest BCUT2D eigenvalue weighted by atomic mass is 10.1. The van der Waals surface area contributed by atoms with E-state index < -0.39 is 0 Å². The maximum Gasteiger partial charge on any atom is 0.261 e. The van der Waals surface area contributed by atoms with E-state index in [1.165, 1.54) is 10.6 Å². The molecule has 2 aliphatic rings. The predicted octanol–water partition coefficient (Wildman–Crippen LogP) is 4.57. The summed E-state index contributed by atoms with van der Waals surface area (Å²) in [4.78, 5) is 38.8. The van der Waals surface area contributed by atoms with Crippen LogP contribution in [0.5, 0.6) is 0 Å². The molecule has 1 aromatic heterocycles. The summed E-state index contributed by atoms with van der Waals surface area (Å²) < 4.78 is 5.44. The highest BCUT2D eigenvalue weighted by atomic mass is 32.2. The molecule has 1 saturated heterocycles. The third-order valence-electron chi connectivity index (χ3n) is 6.57. The number of amides is 2. The SMILES string of the molecule is CC1=C(C)C(=O)N(c2ccc(Sc3nc(Cc4ccc(N5CCOCC5)cc4)ncc3C)cc2)C1=O. The number of carbonyl (C=O) groups is 2. The molecule has 2 amide bonds. The Morgan fingerprint density at radius 3 is 2.11 bits per heavy atom. The van der Waals surface area contributed by atoms with Gasteiger partial charge in [-0.2, -0.15) is 0 Å². The monoisotopic (exact) mass is 500 g/mol. The molecule has 0 saturated carbocycles. The Hall–Kier alpha value is -3.49. The van der Waals surface area contributed by atoms with Crippen LogP contribution in [0, 0.1) is 6.92 Å². The minimum Gasteiger partial charge on any atom is -0.378 e. The van der Waals surface area contributed by atoms with E-state index in [-0.39, 0.29) is 11.8 Å². The van der Waals surface area contributed by atoms with Crippen molar-refractivity contribution in [3.8, 4) is 0 Å². The molecule has 1 fully saturated rings. The van der Waals surface area contributed by atoms with Crippen LogP contribution in [0.3, 0.4) is 0 Å². The average Bonchev–Trinajstić information content (AvgIpc) is 3.10. The molecule has 0 bridgehead atoms. The van der Waals surface area contributed by atoms with Crippen molar-refractivity contribution in [3.63, 3.8) is 0 Å². The molecule has 0 atom stereocenters. The van der Waals surface area contributed by atoms with Crippen molar-refractivity contribution < 1.29 is 14.3 Å². The summed E-state index contributed by atoms with van der Waals surface area (Å²) in [6.07, 6.45) is 2.51. The van der Waals surface area contributed by atoms with Crippen LogP contribution >= 0.6 is 11.8 Å². The standard InChI is InChI=1S/C28H28N4O3S/c1-18-17-29-25(16-21-4-6-22(7-5-21)31-12-14-35-15-13-31)30-26(18)36-24-10-8-23(9-11-24)32-27(33)19(2)20(3)28(32)34/h4-11,17H,12-16H2,1-3H3. The quantitative estimate of drug-likeness (QED) is 0.362. The van der Waals surface area contributed by atoms with Gasteiger partial charge in [-0.15, -0.1) is 0 Å². The summed E-state index contributed by atoms with van der Waals surface area (Å²) in [5.74, 6) is 0.253. The van der Waals surface area contributed by atoms with E-state index in [9.17, 15) is 9.59 Å². The van der Waals surface area contributed by atoms with Crippen molar-refractivity contribution in [2.75, 3.05) is 36.1 Å². The van der Waals surface area contributed by atoms with E-state index in [4.69, 9.17) is 9.72 Å². The maximum atomic E-state index is 12.5. The first-order chi connectivity index (χ1) is 17.4. The van der Waals surface area contributed by atoms with Crippen LogP contribution in [-0.4, -0.2) is 48.1 Å². The topological polar surface area (TPSA) is 75.6 Å². The second-order valence-electron chi connectivity index (χ2n) is 9.01. The molecule has 2 aromatic carbocycles. The van der Waals surface area contributed by atoms with Gasteiger partial charge in [-0.25, -0.2) is 14.9 Å². The van der Waals surface area contributed by atoms with Crippen LogP contribution in [0.15, 0.2) is 75.8 Å². The maximum absolute atomic E-state index is 12.5. The molecule has 5 rings (SSSR count). The molecule has 7 nitrogen and oxygen atoms in total. The normalized spacial score (nSPS) is 16.3. The zero-order valence-electron chi connectivity index (χ0n) is 20.7. The number of aromatic nitrogens is 2. The number of hydrogen-bond donors (Lipinski definition) is 0. The number of imide groups is 1. The largest absolute Gasteiger partial charge is 0.378 e. The molecule has 3 heterocycles. The van der Waals surface area contributed by atoms with Crippen molar-refractivity contribution in [2.45, 2.75) is 37.1 Å². The highest BCUT2D eigenvalue weighted by Crippen LogP contribution is 2.32. The number of hydrogen-bond acceptors (Lipinski definition) is 7. The lowest BCUT2D eigenvalue weighted by Gasteiger charge is -2.28. The smallest absolute Gasteiger partial charge is 0.261 e. The Morgan fingerprint density at radius 1 is 0.861 bits per heavy atom. The van der Waals surface area contributed by atoms with Gasteiger partial charge < -0.3 is 9.64 Å². The number of aryl methyl sites for hydroxylation is 1. The van der Waals surface area contributed by atoms with Crippen molar-refractivity contribution in [1.82, 2.24) is 9.97 Å². The fourth-order valence-corrected chi connectivity index (χ4v) is 5.10. The molecule has 3 aromatic rings. The Kier molecular flexibility index (Phi) is 6.89. The lowest BCUT2D eigenvalue weighted by Crippen LogP contribution is -2.36. The molecule has 0 N–H and O–H groups in total. The van der Waals surface area contributed by atoms with Gasteiger partial charge in [0.15, 0.2) is 0 Å². The van der Waals surface area contributed by atoms with E-state index in [1.54, 1.807) is 37.7 Å². The summed E-state index contributed by atoms with van der Waals surface area (Å²) in [7, 11) is 0. The van der Waals surface area contributed by atoms with Gasteiger partial charge in [0.2, 0.25) is 0 Å². The van der Waals surface area contributed by atoms with Gasteiger partial charge in [0, 0.05) is 47.4 Å². The molecule has 0 aliphatic carbocycles. The van der Waals surface area contributed by atoms with Crippen molar-refractivity contribution in [1.29, 1.82) is 0 Å². The zero-order valence-corrected chi connectivity index (χ0v) is 21.5. The summed E-state index contributed by atoms with van der Waals surface area (Å²) in [6, 6.07) is 16.0. The molecule has 0 spiro atoms. The van der Waals surface area contributed by atoms with Crippen LogP contribution in [0.1, 0.15) is 30.8 Å². The number of nitrogens with zero attached hydrogens (tertiary/aromatic N) is 4. The van der Waals surface area contributed by atoms with Gasteiger partial charge in [0.25, 0.3) is 11.8 Å². The number of anilines is 2. The first-order valence-electron chi connectivity index (χ1n) is 12.0. The molecule has 184 valence electrons. The highest BCUT2D eigenvalue weighted by molar-refractivity contribution is 7.99. The van der Waals surface area contributed by atoms with E-state index >= 15 is 0 Å². The number of ether oxygens (including phenoxy) is 1. The number of carbonyl (C=O) groups excluding carboxylic acids is 2. The predicted molar refractivity (Wildman–Crippen MR) is 140 cm³/mol. The van der Waals surface area contributed by atoms with E-state index in [0.29, 0.717) is 23.3 Å². The lowest BCUT2D eigenvalue weighted by molar-refractivity contribution is -0.120. The van der Waals surface area contributed by atoms with Gasteiger partial charge >= 0.3 is 0 Å². The average molecular weight is 501 g/mol. The van der Waals surface area contributed by atoms with Crippen LogP contribution in [0.25, 0.3) is 0 Å². The van der Waals surface area contributed by atoms with Crippen LogP contribution in [0.4, 0.5) is 11.4 Å². The minimum atomic E-state index is -0.257. The van der Waals surface area contributed by atoms with Gasteiger partial charge in [0.1, 0.15) is 10.9 Å². The molecule has 2 aliphatic heterocycles. The second kappa shape index (κ2) is 10.2. The molecule has 8 heteroatoms. The van der Waals surface area contributed by atoms with Crippen molar-refractivity contribution >= 4 is 35.0 Å². The summed E-state index contributed by atoms with van der Waals surface area (Å²) in [6.45, 7) is 8.75. The Bertz CT molecular complexity index is 1310. The molecule has 36 heavy (non-hydrogen) atoms. The highest BCUT2D eigenvalue weighted by Gasteiger charge is 2.34. The summed E-state index contributed by atoms with van der Waals surface area (Å²) in [5.41, 5.74) is 4.94. The van der Waals surface area contributed by atoms with Crippen molar-refractivity contribution in [2.24, 2.45) is 0 Å². The molecular weight excluding hydrogens is 472 g/mol. The number of rotatable bonds is 6. The van der Waals surface area contributed by atoms with Gasteiger partial charge in [-0.1, -0.05) is 23.9 Å². The van der Waals surface area contributed by atoms with Gasteiger partial charge in [0.05, 0.1) is 18.9 Å². The minimum absolute atomic E-state index is 0.257. The van der Waals surface area contributed by atoms with Crippen LogP contribution in [-0.2, 0) is 20.7 Å². The van der Waals surface area contributed by atoms with Crippen molar-refractivity contribution in [3.05, 3.63) is 82.8 Å². The number of morpholine rings is 1. The Morgan fingerprint density at radius 2 is 1.47 bits per heavy atom. The van der Waals surface area contributed by atoms with E-state index in [2.05, 4.69) is 34.1 Å².